The van der Waals surface area contributed by atoms with Gasteiger partial charge in [0.2, 0.25) is 0 Å². The van der Waals surface area contributed by atoms with Gasteiger partial charge in [0.05, 0.1) is 5.56 Å². The predicted molar refractivity (Wildman–Crippen MR) is 68.0 cm³/mol. The number of aromatic hydroxyl groups is 1. The molecule has 4 heteroatoms. The third-order valence-corrected chi connectivity index (χ3v) is 3.71. The molecule has 0 saturated carbocycles. The summed E-state index contributed by atoms with van der Waals surface area (Å²) >= 11 is 3.48. The Morgan fingerprint density at radius 2 is 2.06 bits per heavy atom. The van der Waals surface area contributed by atoms with E-state index in [-0.39, 0.29) is 16.5 Å². The molecule has 88 valence electrons. The lowest BCUT2D eigenvalue weighted by Crippen LogP contribution is -2.31. The molecule has 3 nitrogen and oxygen atoms in total. The lowest BCUT2D eigenvalue weighted by atomic mass is 10.1. The average Bonchev–Trinajstić information content (AvgIpc) is 2.25. The van der Waals surface area contributed by atoms with Crippen molar-refractivity contribution in [3.8, 4) is 5.75 Å². The molecule has 1 aromatic carbocycles. The first-order chi connectivity index (χ1) is 7.52. The number of halogens is 1. The Morgan fingerprint density at radius 3 is 2.62 bits per heavy atom. The number of rotatable bonds is 4. The number of carbonyl (C=O) groups is 1. The van der Waals surface area contributed by atoms with Crippen molar-refractivity contribution >= 4 is 21.8 Å². The molecule has 0 aliphatic rings. The van der Waals surface area contributed by atoms with E-state index < -0.39 is 0 Å². The molecule has 2 N–H and O–H groups in total. The van der Waals surface area contributed by atoms with E-state index in [0.29, 0.717) is 18.0 Å². The Balaban J connectivity index is 2.57. The van der Waals surface area contributed by atoms with Crippen LogP contribution in [-0.4, -0.2) is 22.4 Å². The van der Waals surface area contributed by atoms with Crippen LogP contribution in [0.25, 0.3) is 0 Å². The highest BCUT2D eigenvalue weighted by molar-refractivity contribution is 9.09. The van der Waals surface area contributed by atoms with Crippen molar-refractivity contribution in [1.29, 1.82) is 0 Å². The molecule has 0 heterocycles. The number of nitrogens with one attached hydrogen (secondary N) is 1. The van der Waals surface area contributed by atoms with Crippen molar-refractivity contribution in [1.82, 2.24) is 5.32 Å². The highest BCUT2D eigenvalue weighted by atomic mass is 79.9. The monoisotopic (exact) mass is 285 g/mol. The minimum Gasteiger partial charge on any atom is -0.507 e. The molecule has 1 atom stereocenters. The molecule has 1 amide bonds. The summed E-state index contributed by atoms with van der Waals surface area (Å²) in [6.07, 6.45) is 0. The molecule has 1 aromatic rings. The van der Waals surface area contributed by atoms with Gasteiger partial charge >= 0.3 is 0 Å². The maximum Gasteiger partial charge on any atom is 0.255 e. The van der Waals surface area contributed by atoms with Crippen LogP contribution in [0.4, 0.5) is 0 Å². The second-order valence-electron chi connectivity index (χ2n) is 3.99. The van der Waals surface area contributed by atoms with Crippen LogP contribution in [0.2, 0.25) is 0 Å². The van der Waals surface area contributed by atoms with Crippen molar-refractivity contribution in [3.63, 3.8) is 0 Å². The van der Waals surface area contributed by atoms with Gasteiger partial charge in [0.25, 0.3) is 5.91 Å². The number of hydrogen-bond acceptors (Lipinski definition) is 2. The summed E-state index contributed by atoms with van der Waals surface area (Å²) in [6, 6.07) is 6.52. The zero-order chi connectivity index (χ0) is 12.1. The normalized spacial score (nSPS) is 12.5. The fourth-order valence-corrected chi connectivity index (χ4v) is 1.35. The Labute approximate surface area is 104 Å². The van der Waals surface area contributed by atoms with E-state index in [9.17, 15) is 9.90 Å². The van der Waals surface area contributed by atoms with Gasteiger partial charge in [-0.05, 0) is 18.1 Å². The highest BCUT2D eigenvalue weighted by Gasteiger charge is 2.13. The van der Waals surface area contributed by atoms with Gasteiger partial charge < -0.3 is 10.4 Å². The number of carbonyl (C=O) groups excluding carboxylic acids is 1. The summed E-state index contributed by atoms with van der Waals surface area (Å²) in [7, 11) is 0. The van der Waals surface area contributed by atoms with Crippen molar-refractivity contribution in [2.75, 3.05) is 6.54 Å². The van der Waals surface area contributed by atoms with Gasteiger partial charge in [0.1, 0.15) is 5.75 Å². The number of para-hydroxylation sites is 1. The second kappa shape index (κ2) is 5.89. The van der Waals surface area contributed by atoms with Crippen LogP contribution in [0.1, 0.15) is 24.2 Å². The molecule has 0 spiro atoms. The highest BCUT2D eigenvalue weighted by Crippen LogP contribution is 2.16. The summed E-state index contributed by atoms with van der Waals surface area (Å²) in [5.74, 6) is 0.212. The summed E-state index contributed by atoms with van der Waals surface area (Å²) in [5.41, 5.74) is 0.311. The third kappa shape index (κ3) is 3.52. The van der Waals surface area contributed by atoms with Gasteiger partial charge in [-0.1, -0.05) is 41.9 Å². The topological polar surface area (TPSA) is 49.3 Å². The van der Waals surface area contributed by atoms with E-state index >= 15 is 0 Å². The van der Waals surface area contributed by atoms with Gasteiger partial charge in [0, 0.05) is 11.4 Å². The first-order valence-corrected chi connectivity index (χ1v) is 6.14. The minimum atomic E-state index is -0.247. The standard InChI is InChI=1S/C12H16BrNO2/c1-8(2)10(13)7-14-12(16)9-5-3-4-6-11(9)15/h3-6,8,10,15H,7H2,1-2H3,(H,14,16). The van der Waals surface area contributed by atoms with Crippen molar-refractivity contribution in [2.45, 2.75) is 18.7 Å². The first-order valence-electron chi connectivity index (χ1n) is 5.22. The summed E-state index contributed by atoms with van der Waals surface area (Å²) in [4.78, 5) is 11.9. The van der Waals surface area contributed by atoms with Crippen LogP contribution in [0, 0.1) is 5.92 Å². The molecular formula is C12H16BrNO2. The molecule has 0 fully saturated rings. The van der Waals surface area contributed by atoms with Gasteiger partial charge in [-0.2, -0.15) is 0 Å². The first kappa shape index (κ1) is 13.0. The van der Waals surface area contributed by atoms with E-state index in [4.69, 9.17) is 0 Å². The number of benzene rings is 1. The molecule has 0 radical (unpaired) electrons. The van der Waals surface area contributed by atoms with Gasteiger partial charge in [-0.15, -0.1) is 0 Å². The number of alkyl halides is 1. The second-order valence-corrected chi connectivity index (χ2v) is 5.16. The third-order valence-electron chi connectivity index (χ3n) is 2.33. The van der Waals surface area contributed by atoms with E-state index in [1.807, 2.05) is 0 Å². The van der Waals surface area contributed by atoms with Crippen LogP contribution in [-0.2, 0) is 0 Å². The minimum absolute atomic E-state index is 0.00988. The Kier molecular flexibility index (Phi) is 4.80. The number of hydrogen-bond donors (Lipinski definition) is 2. The molecule has 1 rings (SSSR count). The van der Waals surface area contributed by atoms with Crippen LogP contribution in [0.3, 0.4) is 0 Å². The molecule has 0 bridgehead atoms. The van der Waals surface area contributed by atoms with Crippen molar-refractivity contribution < 1.29 is 9.90 Å². The van der Waals surface area contributed by atoms with Crippen LogP contribution < -0.4 is 5.32 Å². The number of phenols is 1. The molecule has 1 unspecified atom stereocenters. The van der Waals surface area contributed by atoms with E-state index in [1.54, 1.807) is 18.2 Å². The molecule has 16 heavy (non-hydrogen) atoms. The molecular weight excluding hydrogens is 270 g/mol. The zero-order valence-electron chi connectivity index (χ0n) is 9.40. The Morgan fingerprint density at radius 1 is 1.44 bits per heavy atom. The molecule has 0 aliphatic carbocycles. The van der Waals surface area contributed by atoms with Crippen LogP contribution in [0.15, 0.2) is 24.3 Å². The van der Waals surface area contributed by atoms with E-state index in [1.165, 1.54) is 6.07 Å². The lowest BCUT2D eigenvalue weighted by molar-refractivity contribution is 0.0950. The SMILES string of the molecule is CC(C)C(Br)CNC(=O)c1ccccc1O. The van der Waals surface area contributed by atoms with Crippen LogP contribution >= 0.6 is 15.9 Å². The molecule has 0 aliphatic heterocycles. The average molecular weight is 286 g/mol. The van der Waals surface area contributed by atoms with Gasteiger partial charge in [-0.25, -0.2) is 0 Å². The molecule has 0 aromatic heterocycles. The number of phenolic OH excluding ortho intramolecular Hbond substituents is 1. The van der Waals surface area contributed by atoms with E-state index in [0.717, 1.165) is 0 Å². The largest absolute Gasteiger partial charge is 0.507 e. The fraction of sp³-hybridized carbons (Fsp3) is 0.417. The number of amides is 1. The zero-order valence-corrected chi connectivity index (χ0v) is 11.0. The van der Waals surface area contributed by atoms with Gasteiger partial charge in [-0.3, -0.25) is 4.79 Å². The van der Waals surface area contributed by atoms with Crippen molar-refractivity contribution in [3.05, 3.63) is 29.8 Å². The quantitative estimate of drug-likeness (QED) is 0.836. The lowest BCUT2D eigenvalue weighted by Gasteiger charge is -2.14. The summed E-state index contributed by atoms with van der Waals surface area (Å²) in [5, 5.41) is 12.3. The smallest absolute Gasteiger partial charge is 0.255 e. The maximum atomic E-state index is 11.7. The predicted octanol–water partition coefficient (Wildman–Crippen LogP) is 2.54. The Hall–Kier alpha value is -1.03. The van der Waals surface area contributed by atoms with E-state index in [2.05, 4.69) is 35.1 Å². The van der Waals surface area contributed by atoms with Crippen LogP contribution in [0.5, 0.6) is 5.75 Å². The fourth-order valence-electron chi connectivity index (χ4n) is 1.19. The summed E-state index contributed by atoms with van der Waals surface area (Å²) < 4.78 is 0. The maximum absolute atomic E-state index is 11.7. The molecule has 0 saturated heterocycles. The van der Waals surface area contributed by atoms with Gasteiger partial charge in [0.15, 0.2) is 0 Å². The Bertz CT molecular complexity index is 366. The van der Waals surface area contributed by atoms with Crippen molar-refractivity contribution in [2.24, 2.45) is 5.92 Å². The summed E-state index contributed by atoms with van der Waals surface area (Å²) in [6.45, 7) is 4.70.